The van der Waals surface area contributed by atoms with E-state index in [0.717, 1.165) is 0 Å². The number of carbonyl (C=O) groups is 3. The Bertz CT molecular complexity index is 416. The molecule has 0 unspecified atom stereocenters. The lowest BCUT2D eigenvalue weighted by Crippen LogP contribution is -2.48. The molecule has 0 aromatic carbocycles. The quantitative estimate of drug-likeness (QED) is 0.561. The number of nitrogens with zero attached hydrogens (tertiary/aromatic N) is 1. The molecular weight excluding hydrogens is 234 g/mol. The van der Waals surface area contributed by atoms with Crippen LogP contribution in [0.4, 0.5) is 0 Å². The Balaban J connectivity index is 2.18. The van der Waals surface area contributed by atoms with Crippen LogP contribution in [0.2, 0.25) is 0 Å². The number of esters is 1. The number of hydrogen-bond acceptors (Lipinski definition) is 5. The first-order valence-electron chi connectivity index (χ1n) is 4.59. The van der Waals surface area contributed by atoms with Crippen molar-refractivity contribution in [1.29, 1.82) is 0 Å². The van der Waals surface area contributed by atoms with Gasteiger partial charge in [-0.1, -0.05) is 11.8 Å². The third-order valence-electron chi connectivity index (χ3n) is 2.30. The number of carbonyl (C=O) groups excluding carboxylic acids is 2. The summed E-state index contributed by atoms with van der Waals surface area (Å²) < 4.78 is 4.75. The van der Waals surface area contributed by atoms with E-state index in [-0.39, 0.29) is 23.6 Å². The summed E-state index contributed by atoms with van der Waals surface area (Å²) in [6, 6.07) is 0. The molecule has 0 bridgehead atoms. The second kappa shape index (κ2) is 3.82. The van der Waals surface area contributed by atoms with Crippen LogP contribution in [-0.4, -0.2) is 39.8 Å². The largest absolute Gasteiger partial charge is 0.477 e. The van der Waals surface area contributed by atoms with E-state index in [4.69, 9.17) is 9.84 Å². The van der Waals surface area contributed by atoms with Gasteiger partial charge >= 0.3 is 11.9 Å². The van der Waals surface area contributed by atoms with Crippen LogP contribution in [0.5, 0.6) is 0 Å². The van der Waals surface area contributed by atoms with Crippen LogP contribution in [0.15, 0.2) is 10.6 Å². The Hall–Kier alpha value is -1.50. The van der Waals surface area contributed by atoms with Gasteiger partial charge in [0.05, 0.1) is 16.7 Å². The second-order valence-corrected chi connectivity index (χ2v) is 4.67. The summed E-state index contributed by atoms with van der Waals surface area (Å²) >= 11 is 1.27. The molecular formula is C9H9NO5S. The maximum absolute atomic E-state index is 11.2. The first-order valence-corrected chi connectivity index (χ1v) is 5.47. The molecule has 1 saturated heterocycles. The van der Waals surface area contributed by atoms with Crippen LogP contribution >= 0.6 is 11.8 Å². The molecule has 1 atom stereocenters. The summed E-state index contributed by atoms with van der Waals surface area (Å²) in [5.41, 5.74) is -0.0486. The minimum atomic E-state index is -1.16. The lowest BCUT2D eigenvalue weighted by atomic mass is 10.1. The summed E-state index contributed by atoms with van der Waals surface area (Å²) in [6.07, 6.45) is 0.338. The Morgan fingerprint density at radius 2 is 2.31 bits per heavy atom. The van der Waals surface area contributed by atoms with Gasteiger partial charge < -0.3 is 9.84 Å². The van der Waals surface area contributed by atoms with Crippen molar-refractivity contribution in [2.24, 2.45) is 0 Å². The number of aliphatic carboxylic acids is 1. The maximum Gasteiger partial charge on any atom is 0.353 e. The van der Waals surface area contributed by atoms with Gasteiger partial charge in [0.25, 0.3) is 0 Å². The molecule has 0 saturated carbocycles. The van der Waals surface area contributed by atoms with E-state index in [1.807, 2.05) is 0 Å². The summed E-state index contributed by atoms with van der Waals surface area (Å²) in [5.74, 6) is -1.84. The minimum Gasteiger partial charge on any atom is -0.477 e. The number of thioether (sulfide) groups is 1. The highest BCUT2D eigenvalue weighted by Crippen LogP contribution is 2.45. The Morgan fingerprint density at radius 3 is 2.81 bits per heavy atom. The number of amides is 1. The number of carboxylic acid groups (broad SMARTS) is 1. The number of β-lactam (4-membered cyclic amide) rings is 1. The average Bonchev–Trinajstić information content (AvgIpc) is 2.47. The second-order valence-electron chi connectivity index (χ2n) is 3.40. The normalized spacial score (nSPS) is 22.9. The van der Waals surface area contributed by atoms with E-state index in [9.17, 15) is 14.4 Å². The molecule has 86 valence electrons. The third-order valence-corrected chi connectivity index (χ3v) is 3.54. The van der Waals surface area contributed by atoms with Crippen LogP contribution < -0.4 is 0 Å². The zero-order chi connectivity index (χ0) is 11.9. The van der Waals surface area contributed by atoms with E-state index in [2.05, 4.69) is 0 Å². The molecule has 0 spiro atoms. The van der Waals surface area contributed by atoms with E-state index in [0.29, 0.717) is 11.3 Å². The number of carboxylic acids is 1. The molecule has 2 aliphatic heterocycles. The SMILES string of the molecule is CC(=O)OCC1=C(C(=O)O)N2C(=O)C[C@@H]2S1. The molecule has 0 aromatic rings. The molecule has 1 fully saturated rings. The van der Waals surface area contributed by atoms with Crippen molar-refractivity contribution < 1.29 is 24.2 Å². The van der Waals surface area contributed by atoms with Gasteiger partial charge in [0.1, 0.15) is 12.3 Å². The zero-order valence-electron chi connectivity index (χ0n) is 8.43. The van der Waals surface area contributed by atoms with Gasteiger partial charge in [0.2, 0.25) is 5.91 Å². The molecule has 2 aliphatic rings. The van der Waals surface area contributed by atoms with E-state index < -0.39 is 11.9 Å². The van der Waals surface area contributed by atoms with Crippen molar-refractivity contribution in [3.63, 3.8) is 0 Å². The smallest absolute Gasteiger partial charge is 0.353 e. The number of rotatable bonds is 3. The first kappa shape index (κ1) is 11.0. The molecule has 1 amide bonds. The highest BCUT2D eigenvalue weighted by atomic mass is 32.2. The van der Waals surface area contributed by atoms with Gasteiger partial charge in [-0.3, -0.25) is 14.5 Å². The van der Waals surface area contributed by atoms with Gasteiger partial charge in [0.15, 0.2) is 0 Å². The molecule has 16 heavy (non-hydrogen) atoms. The average molecular weight is 243 g/mol. The van der Waals surface area contributed by atoms with Gasteiger partial charge in [-0.15, -0.1) is 0 Å². The lowest BCUT2D eigenvalue weighted by Gasteiger charge is -2.33. The molecule has 0 aromatic heterocycles. The predicted octanol–water partition coefficient (Wildman–Crippen LogP) is 0.151. The summed E-state index contributed by atoms with van der Waals surface area (Å²) in [6.45, 7) is 1.17. The summed E-state index contributed by atoms with van der Waals surface area (Å²) in [7, 11) is 0. The fourth-order valence-corrected chi connectivity index (χ4v) is 2.90. The van der Waals surface area contributed by atoms with Gasteiger partial charge in [-0.25, -0.2) is 4.79 Å². The van der Waals surface area contributed by atoms with Gasteiger partial charge in [-0.05, 0) is 0 Å². The fraction of sp³-hybridized carbons (Fsp3) is 0.444. The van der Waals surface area contributed by atoms with Crippen LogP contribution in [0.25, 0.3) is 0 Å². The van der Waals surface area contributed by atoms with Crippen LogP contribution in [0, 0.1) is 0 Å². The van der Waals surface area contributed by atoms with Gasteiger partial charge in [0, 0.05) is 6.92 Å². The minimum absolute atomic E-state index is 0.0486. The topological polar surface area (TPSA) is 83.9 Å². The Morgan fingerprint density at radius 1 is 1.62 bits per heavy atom. The monoisotopic (exact) mass is 243 g/mol. The molecule has 2 rings (SSSR count). The molecule has 6 nitrogen and oxygen atoms in total. The first-order chi connectivity index (χ1) is 7.50. The number of fused-ring (bicyclic) bond motifs is 1. The van der Waals surface area contributed by atoms with Crippen LogP contribution in [-0.2, 0) is 19.1 Å². The summed E-state index contributed by atoms with van der Waals surface area (Å²) in [5, 5.41) is 8.85. The van der Waals surface area contributed by atoms with Crippen molar-refractivity contribution in [3.8, 4) is 0 Å². The predicted molar refractivity (Wildman–Crippen MR) is 54.1 cm³/mol. The van der Waals surface area contributed by atoms with E-state index in [1.54, 1.807) is 0 Å². The van der Waals surface area contributed by atoms with Crippen molar-refractivity contribution in [2.45, 2.75) is 18.7 Å². The molecule has 0 aliphatic carbocycles. The van der Waals surface area contributed by atoms with Crippen LogP contribution in [0.1, 0.15) is 13.3 Å². The zero-order valence-corrected chi connectivity index (χ0v) is 9.24. The lowest BCUT2D eigenvalue weighted by molar-refractivity contribution is -0.145. The van der Waals surface area contributed by atoms with Crippen molar-refractivity contribution >= 4 is 29.6 Å². The van der Waals surface area contributed by atoms with Crippen molar-refractivity contribution in [1.82, 2.24) is 4.90 Å². The molecule has 7 heteroatoms. The van der Waals surface area contributed by atoms with E-state index in [1.165, 1.54) is 23.6 Å². The molecule has 0 radical (unpaired) electrons. The van der Waals surface area contributed by atoms with E-state index >= 15 is 0 Å². The number of ether oxygens (including phenoxy) is 1. The highest BCUT2D eigenvalue weighted by Gasteiger charge is 2.48. The molecule has 2 heterocycles. The number of hydrogen-bond donors (Lipinski definition) is 1. The summed E-state index contributed by atoms with van der Waals surface area (Å²) in [4.78, 5) is 34.5. The fourth-order valence-electron chi connectivity index (χ4n) is 1.60. The standard InChI is InChI=1S/C9H9NO5S/c1-4(11)15-3-5-8(9(13)14)10-6(12)2-7(10)16-5/h7H,2-3H2,1H3,(H,13,14)/t7-/m0/s1. The molecule has 1 N–H and O–H groups in total. The van der Waals surface area contributed by atoms with Crippen molar-refractivity contribution in [3.05, 3.63) is 10.6 Å². The van der Waals surface area contributed by atoms with Gasteiger partial charge in [-0.2, -0.15) is 0 Å². The van der Waals surface area contributed by atoms with Crippen LogP contribution in [0.3, 0.4) is 0 Å². The third kappa shape index (κ3) is 1.67. The Kier molecular flexibility index (Phi) is 2.63. The Labute approximate surface area is 95.2 Å². The highest BCUT2D eigenvalue weighted by molar-refractivity contribution is 8.04. The van der Waals surface area contributed by atoms with Crippen molar-refractivity contribution in [2.75, 3.05) is 6.61 Å². The maximum atomic E-state index is 11.2.